The predicted molar refractivity (Wildman–Crippen MR) is 85.7 cm³/mol. The van der Waals surface area contributed by atoms with Gasteiger partial charge < -0.3 is 10.3 Å². The first-order valence-electron chi connectivity index (χ1n) is 6.69. The second kappa shape index (κ2) is 5.26. The van der Waals surface area contributed by atoms with Gasteiger partial charge in [0.25, 0.3) is 0 Å². The molecule has 1 heterocycles. The van der Waals surface area contributed by atoms with E-state index in [-0.39, 0.29) is 0 Å². The number of primary amides is 1. The molecule has 0 saturated carbocycles. The first kappa shape index (κ1) is 13.7. The smallest absolute Gasteiger partial charge is 0.248 e. The summed E-state index contributed by atoms with van der Waals surface area (Å²) >= 11 is 6.25. The van der Waals surface area contributed by atoms with Gasteiger partial charge in [-0.25, -0.2) is 0 Å². The van der Waals surface area contributed by atoms with Gasteiger partial charge in [0.2, 0.25) is 5.91 Å². The fourth-order valence-electron chi connectivity index (χ4n) is 2.53. The number of aromatic nitrogens is 1. The number of carbonyl (C=O) groups is 1. The molecule has 0 aliphatic heterocycles. The van der Waals surface area contributed by atoms with E-state index < -0.39 is 5.91 Å². The van der Waals surface area contributed by atoms with Crippen LogP contribution in [0.1, 0.15) is 21.5 Å². The molecule has 3 rings (SSSR count). The van der Waals surface area contributed by atoms with Crippen LogP contribution in [0, 0.1) is 6.92 Å². The molecule has 0 saturated heterocycles. The van der Waals surface area contributed by atoms with Crippen molar-refractivity contribution in [3.63, 3.8) is 0 Å². The molecule has 3 nitrogen and oxygen atoms in total. The molecule has 0 radical (unpaired) electrons. The van der Waals surface area contributed by atoms with Crippen LogP contribution >= 0.6 is 11.6 Å². The minimum Gasteiger partial charge on any atom is -0.366 e. The molecule has 2 N–H and O–H groups in total. The number of nitrogens with two attached hydrogens (primary N) is 1. The van der Waals surface area contributed by atoms with E-state index in [2.05, 4.69) is 35.9 Å². The Kier molecular flexibility index (Phi) is 3.43. The molecular weight excluding hydrogens is 284 g/mol. The predicted octanol–water partition coefficient (Wildman–Crippen LogP) is 3.75. The number of halogens is 1. The molecule has 0 spiro atoms. The minimum atomic E-state index is -0.467. The van der Waals surface area contributed by atoms with E-state index in [1.54, 1.807) is 12.1 Å². The molecule has 0 bridgehead atoms. The van der Waals surface area contributed by atoms with Crippen LogP contribution < -0.4 is 5.73 Å². The van der Waals surface area contributed by atoms with Gasteiger partial charge in [-0.1, -0.05) is 29.8 Å². The quantitative estimate of drug-likeness (QED) is 0.786. The zero-order valence-electron chi connectivity index (χ0n) is 11.6. The van der Waals surface area contributed by atoms with E-state index >= 15 is 0 Å². The second-order valence-corrected chi connectivity index (χ2v) is 5.53. The van der Waals surface area contributed by atoms with E-state index in [1.165, 1.54) is 16.5 Å². The van der Waals surface area contributed by atoms with E-state index in [4.69, 9.17) is 17.3 Å². The van der Waals surface area contributed by atoms with Crippen molar-refractivity contribution in [2.75, 3.05) is 0 Å². The molecule has 3 aromatic rings. The zero-order chi connectivity index (χ0) is 15.0. The molecule has 0 aliphatic carbocycles. The average Bonchev–Trinajstić information content (AvgIpc) is 2.85. The summed E-state index contributed by atoms with van der Waals surface area (Å²) in [5.74, 6) is -0.467. The maximum absolute atomic E-state index is 11.2. The van der Waals surface area contributed by atoms with E-state index in [9.17, 15) is 4.79 Å². The largest absolute Gasteiger partial charge is 0.366 e. The van der Waals surface area contributed by atoms with Gasteiger partial charge in [-0.3, -0.25) is 4.79 Å². The highest BCUT2D eigenvalue weighted by Gasteiger charge is 2.08. The number of rotatable bonds is 3. The molecule has 0 atom stereocenters. The number of fused-ring (bicyclic) bond motifs is 1. The normalized spacial score (nSPS) is 11.0. The molecule has 0 unspecified atom stereocenters. The first-order valence-corrected chi connectivity index (χ1v) is 7.07. The van der Waals surface area contributed by atoms with Crippen molar-refractivity contribution >= 4 is 28.4 Å². The molecule has 1 amide bonds. The summed E-state index contributed by atoms with van der Waals surface area (Å²) in [6.45, 7) is 2.76. The average molecular weight is 299 g/mol. The summed E-state index contributed by atoms with van der Waals surface area (Å²) < 4.78 is 2.15. The van der Waals surface area contributed by atoms with Crippen LogP contribution in [0.25, 0.3) is 10.9 Å². The van der Waals surface area contributed by atoms with Crippen molar-refractivity contribution < 1.29 is 4.79 Å². The molecule has 106 valence electrons. The van der Waals surface area contributed by atoms with Crippen molar-refractivity contribution in [3.05, 3.63) is 70.4 Å². The summed E-state index contributed by atoms with van der Waals surface area (Å²) in [4.78, 5) is 11.2. The lowest BCUT2D eigenvalue weighted by Crippen LogP contribution is -2.11. The number of aryl methyl sites for hydroxylation is 1. The number of benzene rings is 2. The lowest BCUT2D eigenvalue weighted by atomic mass is 10.1. The first-order chi connectivity index (χ1) is 10.1. The Morgan fingerprint density at radius 1 is 1.24 bits per heavy atom. The lowest BCUT2D eigenvalue weighted by Gasteiger charge is -2.09. The van der Waals surface area contributed by atoms with Gasteiger partial charge in [0.1, 0.15) is 0 Å². The highest BCUT2D eigenvalue weighted by Crippen LogP contribution is 2.23. The van der Waals surface area contributed by atoms with Gasteiger partial charge in [-0.2, -0.15) is 0 Å². The Hall–Kier alpha value is -2.26. The van der Waals surface area contributed by atoms with Gasteiger partial charge in [0.05, 0.1) is 0 Å². The van der Waals surface area contributed by atoms with Crippen LogP contribution in [0.5, 0.6) is 0 Å². The minimum absolute atomic E-state index is 0.428. The van der Waals surface area contributed by atoms with Crippen LogP contribution in [0.2, 0.25) is 5.02 Å². The van der Waals surface area contributed by atoms with Crippen LogP contribution in [-0.2, 0) is 6.54 Å². The Bertz CT molecular complexity index is 836. The lowest BCUT2D eigenvalue weighted by molar-refractivity contribution is 0.100. The van der Waals surface area contributed by atoms with Gasteiger partial charge >= 0.3 is 0 Å². The standard InChI is InChI=1S/C17H15ClN2O/c1-11-3-2-4-16-14(11)7-8-20(16)10-13-6-5-12(17(19)21)9-15(13)18/h2-9H,10H2,1H3,(H2,19,21). The van der Waals surface area contributed by atoms with Crippen LogP contribution in [0.15, 0.2) is 48.7 Å². The van der Waals surface area contributed by atoms with E-state index in [1.807, 2.05) is 12.1 Å². The van der Waals surface area contributed by atoms with Crippen molar-refractivity contribution in [2.45, 2.75) is 13.5 Å². The van der Waals surface area contributed by atoms with Crippen molar-refractivity contribution in [1.29, 1.82) is 0 Å². The molecule has 4 heteroatoms. The fourth-order valence-corrected chi connectivity index (χ4v) is 2.77. The number of carbonyl (C=O) groups excluding carboxylic acids is 1. The maximum Gasteiger partial charge on any atom is 0.248 e. The summed E-state index contributed by atoms with van der Waals surface area (Å²) in [6, 6.07) is 13.5. The van der Waals surface area contributed by atoms with Crippen molar-refractivity contribution in [2.24, 2.45) is 5.73 Å². The Morgan fingerprint density at radius 2 is 2.05 bits per heavy atom. The highest BCUT2D eigenvalue weighted by molar-refractivity contribution is 6.31. The van der Waals surface area contributed by atoms with E-state index in [0.717, 1.165) is 5.56 Å². The summed E-state index contributed by atoms with van der Waals surface area (Å²) in [5, 5.41) is 1.79. The zero-order valence-corrected chi connectivity index (χ0v) is 12.4. The van der Waals surface area contributed by atoms with E-state index in [0.29, 0.717) is 17.1 Å². The number of nitrogens with zero attached hydrogens (tertiary/aromatic N) is 1. The molecule has 1 aromatic heterocycles. The summed E-state index contributed by atoms with van der Waals surface area (Å²) in [5.41, 5.74) is 9.07. The Morgan fingerprint density at radius 3 is 2.76 bits per heavy atom. The molecule has 2 aromatic carbocycles. The molecule has 0 aliphatic rings. The number of hydrogen-bond acceptors (Lipinski definition) is 1. The number of amides is 1. The summed E-state index contributed by atoms with van der Waals surface area (Å²) in [7, 11) is 0. The second-order valence-electron chi connectivity index (χ2n) is 5.12. The van der Waals surface area contributed by atoms with Crippen LogP contribution in [0.3, 0.4) is 0 Å². The van der Waals surface area contributed by atoms with Gasteiger partial charge in [0, 0.05) is 34.2 Å². The maximum atomic E-state index is 11.2. The van der Waals surface area contributed by atoms with Crippen LogP contribution in [-0.4, -0.2) is 10.5 Å². The summed E-state index contributed by atoms with van der Waals surface area (Å²) in [6.07, 6.45) is 2.05. The monoisotopic (exact) mass is 298 g/mol. The Labute approximate surface area is 127 Å². The third-order valence-electron chi connectivity index (χ3n) is 3.71. The molecule has 0 fully saturated rings. The molecule has 21 heavy (non-hydrogen) atoms. The topological polar surface area (TPSA) is 48.0 Å². The molecular formula is C17H15ClN2O. The third kappa shape index (κ3) is 2.52. The van der Waals surface area contributed by atoms with Crippen molar-refractivity contribution in [3.8, 4) is 0 Å². The third-order valence-corrected chi connectivity index (χ3v) is 4.06. The van der Waals surface area contributed by atoms with Gasteiger partial charge in [0.15, 0.2) is 0 Å². The van der Waals surface area contributed by atoms with Crippen LogP contribution in [0.4, 0.5) is 0 Å². The number of hydrogen-bond donors (Lipinski definition) is 1. The fraction of sp³-hybridized carbons (Fsp3) is 0.118. The van der Waals surface area contributed by atoms with Crippen molar-refractivity contribution in [1.82, 2.24) is 4.57 Å². The van der Waals surface area contributed by atoms with Gasteiger partial charge in [-0.05, 0) is 42.3 Å². The highest BCUT2D eigenvalue weighted by atomic mass is 35.5. The van der Waals surface area contributed by atoms with Gasteiger partial charge in [-0.15, -0.1) is 0 Å². The Balaban J connectivity index is 1.99. The SMILES string of the molecule is Cc1cccc2c1ccn2Cc1ccc(C(N)=O)cc1Cl.